The van der Waals surface area contributed by atoms with E-state index in [0.29, 0.717) is 10.2 Å². The zero-order chi connectivity index (χ0) is 13.8. The van der Waals surface area contributed by atoms with Crippen LogP contribution in [0.1, 0.15) is 32.1 Å². The Bertz CT molecular complexity index is 467. The van der Waals surface area contributed by atoms with Crippen LogP contribution in [0.5, 0.6) is 0 Å². The fraction of sp³-hybridized carbons (Fsp3) is 0.538. The second-order valence-corrected chi connectivity index (χ2v) is 5.79. The summed E-state index contributed by atoms with van der Waals surface area (Å²) in [5.74, 6) is 0. The molecule has 1 aliphatic rings. The average molecular weight is 329 g/mol. The highest BCUT2D eigenvalue weighted by Gasteiger charge is 2.24. The summed E-state index contributed by atoms with van der Waals surface area (Å²) in [6.07, 6.45) is 4.32. The van der Waals surface area contributed by atoms with E-state index in [-0.39, 0.29) is 11.7 Å². The Labute approximate surface area is 120 Å². The Morgan fingerprint density at radius 1 is 1.32 bits per heavy atom. The van der Waals surface area contributed by atoms with Crippen LogP contribution in [0.2, 0.25) is 0 Å². The summed E-state index contributed by atoms with van der Waals surface area (Å²) < 4.78 is 0.672. The number of benzene rings is 1. The standard InChI is InChI=1S/C13H17BrN2O3/c14-9-6-7-10(12(8-9)16(18)19)15-11-4-2-1-3-5-13(11)17/h6-8,11,13,15,17H,1-5H2. The number of hydrogen-bond donors (Lipinski definition) is 2. The van der Waals surface area contributed by atoms with Crippen molar-refractivity contribution in [2.24, 2.45) is 0 Å². The number of nitrogens with one attached hydrogen (secondary N) is 1. The molecule has 1 aromatic carbocycles. The highest BCUT2D eigenvalue weighted by Crippen LogP contribution is 2.30. The summed E-state index contributed by atoms with van der Waals surface area (Å²) >= 11 is 3.23. The zero-order valence-corrected chi connectivity index (χ0v) is 12.1. The molecular weight excluding hydrogens is 312 g/mol. The summed E-state index contributed by atoms with van der Waals surface area (Å²) in [5.41, 5.74) is 0.505. The Kier molecular flexibility index (Phi) is 4.76. The third-order valence-electron chi connectivity index (χ3n) is 3.48. The predicted molar refractivity (Wildman–Crippen MR) is 77.3 cm³/mol. The van der Waals surface area contributed by atoms with E-state index in [1.807, 2.05) is 0 Å². The highest BCUT2D eigenvalue weighted by atomic mass is 79.9. The molecule has 1 aliphatic carbocycles. The summed E-state index contributed by atoms with van der Waals surface area (Å²) in [6, 6.07) is 4.81. The number of nitro groups is 1. The van der Waals surface area contributed by atoms with Gasteiger partial charge in [0, 0.05) is 10.5 Å². The van der Waals surface area contributed by atoms with Crippen LogP contribution in [0.3, 0.4) is 0 Å². The monoisotopic (exact) mass is 328 g/mol. The van der Waals surface area contributed by atoms with Crippen molar-refractivity contribution in [1.29, 1.82) is 0 Å². The van der Waals surface area contributed by atoms with Crippen molar-refractivity contribution in [3.05, 3.63) is 32.8 Å². The van der Waals surface area contributed by atoms with Gasteiger partial charge in [-0.15, -0.1) is 0 Å². The van der Waals surface area contributed by atoms with Crippen molar-refractivity contribution in [3.8, 4) is 0 Å². The van der Waals surface area contributed by atoms with E-state index in [4.69, 9.17) is 0 Å². The predicted octanol–water partition coefficient (Wildman–Crippen LogP) is 3.46. The van der Waals surface area contributed by atoms with Crippen LogP contribution >= 0.6 is 15.9 Å². The van der Waals surface area contributed by atoms with E-state index in [0.717, 1.165) is 32.1 Å². The molecule has 1 fully saturated rings. The second kappa shape index (κ2) is 6.34. The Morgan fingerprint density at radius 3 is 2.79 bits per heavy atom. The van der Waals surface area contributed by atoms with Crippen molar-refractivity contribution in [3.63, 3.8) is 0 Å². The van der Waals surface area contributed by atoms with E-state index in [1.54, 1.807) is 12.1 Å². The molecule has 0 aliphatic heterocycles. The summed E-state index contributed by atoms with van der Waals surface area (Å²) in [5, 5.41) is 24.2. The molecule has 1 saturated carbocycles. The van der Waals surface area contributed by atoms with Gasteiger partial charge in [0.2, 0.25) is 0 Å². The second-order valence-electron chi connectivity index (χ2n) is 4.87. The molecule has 2 unspecified atom stereocenters. The van der Waals surface area contributed by atoms with Gasteiger partial charge < -0.3 is 10.4 Å². The first-order chi connectivity index (χ1) is 9.08. The molecule has 0 spiro atoms. The van der Waals surface area contributed by atoms with Crippen LogP contribution in [0.25, 0.3) is 0 Å². The van der Waals surface area contributed by atoms with Crippen molar-refractivity contribution in [2.45, 2.75) is 44.2 Å². The molecule has 0 amide bonds. The van der Waals surface area contributed by atoms with Crippen LogP contribution in [0.15, 0.2) is 22.7 Å². The van der Waals surface area contributed by atoms with Crippen LogP contribution in [0, 0.1) is 10.1 Å². The minimum absolute atomic E-state index is 0.0332. The highest BCUT2D eigenvalue weighted by molar-refractivity contribution is 9.10. The summed E-state index contributed by atoms with van der Waals surface area (Å²) in [7, 11) is 0. The zero-order valence-electron chi connectivity index (χ0n) is 10.5. The molecular formula is C13H17BrN2O3. The number of nitrogens with zero attached hydrogens (tertiary/aromatic N) is 1. The van der Waals surface area contributed by atoms with Crippen LogP contribution in [-0.4, -0.2) is 22.2 Å². The van der Waals surface area contributed by atoms with Gasteiger partial charge in [0.15, 0.2) is 0 Å². The minimum atomic E-state index is -0.439. The van der Waals surface area contributed by atoms with Crippen LogP contribution < -0.4 is 5.32 Å². The molecule has 2 atom stereocenters. The topological polar surface area (TPSA) is 75.4 Å². The van der Waals surface area contributed by atoms with Crippen LogP contribution in [0.4, 0.5) is 11.4 Å². The maximum atomic E-state index is 11.0. The molecule has 5 nitrogen and oxygen atoms in total. The van der Waals surface area contributed by atoms with Gasteiger partial charge in [0.25, 0.3) is 5.69 Å². The van der Waals surface area contributed by atoms with Crippen molar-refractivity contribution in [2.75, 3.05) is 5.32 Å². The number of rotatable bonds is 3. The molecule has 1 aromatic rings. The third kappa shape index (κ3) is 3.67. The van der Waals surface area contributed by atoms with Gasteiger partial charge in [-0.1, -0.05) is 35.2 Å². The first-order valence-corrected chi connectivity index (χ1v) is 7.26. The number of hydrogen-bond acceptors (Lipinski definition) is 4. The van der Waals surface area contributed by atoms with E-state index in [9.17, 15) is 15.2 Å². The van der Waals surface area contributed by atoms with Gasteiger partial charge in [-0.3, -0.25) is 10.1 Å². The first-order valence-electron chi connectivity index (χ1n) is 6.46. The van der Waals surface area contributed by atoms with Gasteiger partial charge in [-0.25, -0.2) is 0 Å². The van der Waals surface area contributed by atoms with Gasteiger partial charge in [0.05, 0.1) is 17.1 Å². The normalized spacial score (nSPS) is 23.7. The van der Waals surface area contributed by atoms with Gasteiger partial charge >= 0.3 is 0 Å². The molecule has 0 heterocycles. The lowest BCUT2D eigenvalue weighted by atomic mass is 10.1. The molecule has 2 rings (SSSR count). The lowest BCUT2D eigenvalue weighted by molar-refractivity contribution is -0.384. The van der Waals surface area contributed by atoms with Crippen molar-refractivity contribution in [1.82, 2.24) is 0 Å². The van der Waals surface area contributed by atoms with Gasteiger partial charge in [0.1, 0.15) is 5.69 Å². The molecule has 0 aromatic heterocycles. The third-order valence-corrected chi connectivity index (χ3v) is 3.97. The molecule has 0 bridgehead atoms. The molecule has 0 saturated heterocycles. The molecule has 0 radical (unpaired) electrons. The maximum Gasteiger partial charge on any atom is 0.293 e. The summed E-state index contributed by atoms with van der Waals surface area (Å²) in [6.45, 7) is 0. The Hall–Kier alpha value is -1.14. The van der Waals surface area contributed by atoms with E-state index < -0.39 is 11.0 Å². The van der Waals surface area contributed by atoms with Crippen LogP contribution in [-0.2, 0) is 0 Å². The van der Waals surface area contributed by atoms with E-state index in [1.165, 1.54) is 6.07 Å². The van der Waals surface area contributed by atoms with E-state index >= 15 is 0 Å². The molecule has 2 N–H and O–H groups in total. The van der Waals surface area contributed by atoms with Crippen molar-refractivity contribution >= 4 is 27.3 Å². The summed E-state index contributed by atoms with van der Waals surface area (Å²) in [4.78, 5) is 10.6. The van der Waals surface area contributed by atoms with E-state index in [2.05, 4.69) is 21.2 Å². The SMILES string of the molecule is O=[N+]([O-])c1cc(Br)ccc1NC1CCCCCC1O. The smallest absolute Gasteiger partial charge is 0.293 e. The number of anilines is 1. The number of aliphatic hydroxyl groups is 1. The van der Waals surface area contributed by atoms with Gasteiger partial charge in [-0.05, 0) is 25.0 Å². The average Bonchev–Trinajstić information content (AvgIpc) is 2.57. The lowest BCUT2D eigenvalue weighted by Crippen LogP contribution is -2.32. The van der Waals surface area contributed by atoms with Gasteiger partial charge in [-0.2, -0.15) is 0 Å². The molecule has 104 valence electrons. The largest absolute Gasteiger partial charge is 0.391 e. The molecule has 19 heavy (non-hydrogen) atoms. The quantitative estimate of drug-likeness (QED) is 0.506. The number of aliphatic hydroxyl groups excluding tert-OH is 1. The fourth-order valence-electron chi connectivity index (χ4n) is 2.43. The maximum absolute atomic E-state index is 11.0. The fourth-order valence-corrected chi connectivity index (χ4v) is 2.78. The molecule has 6 heteroatoms. The van der Waals surface area contributed by atoms with Crippen molar-refractivity contribution < 1.29 is 10.0 Å². The lowest BCUT2D eigenvalue weighted by Gasteiger charge is -2.22. The Balaban J connectivity index is 2.19. The Morgan fingerprint density at radius 2 is 2.05 bits per heavy atom. The first kappa shape index (κ1) is 14.3. The number of nitro benzene ring substituents is 1. The number of halogens is 1. The minimum Gasteiger partial charge on any atom is -0.391 e.